The standard InChI is InChI=1S/C15H24N2O/c1-16-10-9-13(11-16)15(18)12-17(2)14-7-5-3-4-6-8-14/h9-11,14H,3-8,12H2,1-2H3. The lowest BCUT2D eigenvalue weighted by molar-refractivity contribution is 0.0912. The van der Waals surface area contributed by atoms with E-state index in [2.05, 4.69) is 11.9 Å². The number of carbonyl (C=O) groups excluding carboxylic acids is 1. The van der Waals surface area contributed by atoms with Gasteiger partial charge < -0.3 is 4.57 Å². The molecule has 0 amide bonds. The molecule has 1 aromatic rings. The number of carbonyl (C=O) groups is 1. The first kappa shape index (κ1) is 13.3. The third-order valence-corrected chi connectivity index (χ3v) is 3.99. The largest absolute Gasteiger partial charge is 0.357 e. The van der Waals surface area contributed by atoms with Crippen molar-refractivity contribution in [3.8, 4) is 0 Å². The molecule has 0 bridgehead atoms. The van der Waals surface area contributed by atoms with Crippen LogP contribution >= 0.6 is 0 Å². The van der Waals surface area contributed by atoms with Crippen molar-refractivity contribution < 1.29 is 4.79 Å². The molecule has 0 aromatic carbocycles. The molecule has 18 heavy (non-hydrogen) atoms. The van der Waals surface area contributed by atoms with E-state index in [0.29, 0.717) is 12.6 Å². The van der Waals surface area contributed by atoms with Gasteiger partial charge in [-0.1, -0.05) is 25.7 Å². The molecule has 3 heteroatoms. The zero-order valence-corrected chi connectivity index (χ0v) is 11.6. The quantitative estimate of drug-likeness (QED) is 0.604. The number of Topliss-reactive ketones (excluding diaryl/α,β-unsaturated/α-hetero) is 1. The van der Waals surface area contributed by atoms with Crippen LogP contribution in [-0.4, -0.2) is 34.9 Å². The van der Waals surface area contributed by atoms with Crippen LogP contribution in [0.2, 0.25) is 0 Å². The Morgan fingerprint density at radius 1 is 1.33 bits per heavy atom. The fourth-order valence-electron chi connectivity index (χ4n) is 2.81. The van der Waals surface area contributed by atoms with Crippen molar-refractivity contribution >= 4 is 5.78 Å². The molecule has 1 fully saturated rings. The van der Waals surface area contributed by atoms with Gasteiger partial charge in [0.05, 0.1) is 6.54 Å². The van der Waals surface area contributed by atoms with E-state index in [4.69, 9.17) is 0 Å². The number of aryl methyl sites for hydroxylation is 1. The van der Waals surface area contributed by atoms with Crippen molar-refractivity contribution in [1.82, 2.24) is 9.47 Å². The summed E-state index contributed by atoms with van der Waals surface area (Å²) >= 11 is 0. The maximum atomic E-state index is 12.1. The Hall–Kier alpha value is -1.09. The average molecular weight is 248 g/mol. The fourth-order valence-corrected chi connectivity index (χ4v) is 2.81. The van der Waals surface area contributed by atoms with Gasteiger partial charge in [-0.05, 0) is 26.0 Å². The van der Waals surface area contributed by atoms with E-state index in [1.807, 2.05) is 30.1 Å². The highest BCUT2D eigenvalue weighted by Crippen LogP contribution is 2.21. The number of ketones is 1. The van der Waals surface area contributed by atoms with E-state index < -0.39 is 0 Å². The molecular formula is C15H24N2O. The Bertz CT molecular complexity index is 389. The van der Waals surface area contributed by atoms with Gasteiger partial charge in [0.1, 0.15) is 0 Å². The van der Waals surface area contributed by atoms with E-state index in [-0.39, 0.29) is 5.78 Å². The van der Waals surface area contributed by atoms with Crippen molar-refractivity contribution in [1.29, 1.82) is 0 Å². The monoisotopic (exact) mass is 248 g/mol. The van der Waals surface area contributed by atoms with Gasteiger partial charge in [-0.2, -0.15) is 0 Å². The van der Waals surface area contributed by atoms with Crippen LogP contribution in [0.3, 0.4) is 0 Å². The molecule has 0 unspecified atom stereocenters. The zero-order valence-electron chi connectivity index (χ0n) is 11.6. The highest BCUT2D eigenvalue weighted by Gasteiger charge is 2.19. The van der Waals surface area contributed by atoms with Crippen molar-refractivity contribution in [2.75, 3.05) is 13.6 Å². The molecule has 1 heterocycles. The predicted molar refractivity (Wildman–Crippen MR) is 73.9 cm³/mol. The second-order valence-corrected chi connectivity index (χ2v) is 5.55. The Morgan fingerprint density at radius 2 is 2.00 bits per heavy atom. The molecule has 1 saturated carbocycles. The maximum Gasteiger partial charge on any atom is 0.178 e. The van der Waals surface area contributed by atoms with Crippen LogP contribution in [0.15, 0.2) is 18.5 Å². The number of aromatic nitrogens is 1. The van der Waals surface area contributed by atoms with Crippen LogP contribution in [0, 0.1) is 0 Å². The minimum Gasteiger partial charge on any atom is -0.357 e. The van der Waals surface area contributed by atoms with Crippen LogP contribution in [0.25, 0.3) is 0 Å². The number of hydrogen-bond acceptors (Lipinski definition) is 2. The minimum absolute atomic E-state index is 0.238. The first-order valence-corrected chi connectivity index (χ1v) is 7.02. The zero-order chi connectivity index (χ0) is 13.0. The maximum absolute atomic E-state index is 12.1. The highest BCUT2D eigenvalue weighted by atomic mass is 16.1. The van der Waals surface area contributed by atoms with Crippen molar-refractivity contribution in [2.24, 2.45) is 7.05 Å². The van der Waals surface area contributed by atoms with E-state index in [1.54, 1.807) is 0 Å². The van der Waals surface area contributed by atoms with E-state index in [9.17, 15) is 4.79 Å². The van der Waals surface area contributed by atoms with Gasteiger partial charge in [-0.15, -0.1) is 0 Å². The summed E-state index contributed by atoms with van der Waals surface area (Å²) < 4.78 is 1.93. The summed E-state index contributed by atoms with van der Waals surface area (Å²) in [5, 5.41) is 0. The highest BCUT2D eigenvalue weighted by molar-refractivity contribution is 5.97. The van der Waals surface area contributed by atoms with Gasteiger partial charge in [-0.3, -0.25) is 9.69 Å². The summed E-state index contributed by atoms with van der Waals surface area (Å²) in [4.78, 5) is 14.4. The van der Waals surface area contributed by atoms with Crippen LogP contribution in [-0.2, 0) is 7.05 Å². The summed E-state index contributed by atoms with van der Waals surface area (Å²) in [5.41, 5.74) is 0.831. The van der Waals surface area contributed by atoms with Crippen LogP contribution in [0.1, 0.15) is 48.9 Å². The van der Waals surface area contributed by atoms with Crippen LogP contribution < -0.4 is 0 Å². The molecule has 0 N–H and O–H groups in total. The average Bonchev–Trinajstić information content (AvgIpc) is 2.63. The Balaban J connectivity index is 1.89. The second-order valence-electron chi connectivity index (χ2n) is 5.55. The third kappa shape index (κ3) is 3.45. The van der Waals surface area contributed by atoms with Crippen molar-refractivity contribution in [2.45, 2.75) is 44.6 Å². The second kappa shape index (κ2) is 6.19. The summed E-state index contributed by atoms with van der Waals surface area (Å²) in [6.45, 7) is 0.550. The van der Waals surface area contributed by atoms with Gasteiger partial charge in [-0.25, -0.2) is 0 Å². The molecule has 2 rings (SSSR count). The molecule has 0 radical (unpaired) electrons. The van der Waals surface area contributed by atoms with Gasteiger partial charge in [0.2, 0.25) is 0 Å². The minimum atomic E-state index is 0.238. The molecule has 100 valence electrons. The molecular weight excluding hydrogens is 224 g/mol. The Kier molecular flexibility index (Phi) is 4.59. The van der Waals surface area contributed by atoms with Crippen LogP contribution in [0.4, 0.5) is 0 Å². The Morgan fingerprint density at radius 3 is 2.56 bits per heavy atom. The van der Waals surface area contributed by atoms with Gasteiger partial charge in [0.25, 0.3) is 0 Å². The number of likely N-dealkylation sites (N-methyl/N-ethyl adjacent to an activating group) is 1. The summed E-state index contributed by atoms with van der Waals surface area (Å²) in [7, 11) is 4.04. The smallest absolute Gasteiger partial charge is 0.178 e. The third-order valence-electron chi connectivity index (χ3n) is 3.99. The molecule has 0 aliphatic heterocycles. The summed E-state index contributed by atoms with van der Waals surface area (Å²) in [6.07, 6.45) is 11.7. The molecule has 1 aliphatic carbocycles. The molecule has 3 nitrogen and oxygen atoms in total. The van der Waals surface area contributed by atoms with E-state index >= 15 is 0 Å². The normalized spacial score (nSPS) is 17.9. The van der Waals surface area contributed by atoms with Gasteiger partial charge in [0, 0.05) is 31.0 Å². The molecule has 1 aliphatic rings. The lowest BCUT2D eigenvalue weighted by atomic mass is 10.1. The summed E-state index contributed by atoms with van der Waals surface area (Å²) in [6, 6.07) is 2.50. The van der Waals surface area contributed by atoms with Crippen molar-refractivity contribution in [3.05, 3.63) is 24.0 Å². The summed E-state index contributed by atoms with van der Waals surface area (Å²) in [5.74, 6) is 0.238. The van der Waals surface area contributed by atoms with Crippen molar-refractivity contribution in [3.63, 3.8) is 0 Å². The first-order valence-electron chi connectivity index (χ1n) is 7.02. The lowest BCUT2D eigenvalue weighted by Gasteiger charge is -2.26. The lowest BCUT2D eigenvalue weighted by Crippen LogP contribution is -2.35. The molecule has 0 spiro atoms. The molecule has 1 aromatic heterocycles. The van der Waals surface area contributed by atoms with Gasteiger partial charge in [0.15, 0.2) is 5.78 Å². The number of nitrogens with zero attached hydrogens (tertiary/aromatic N) is 2. The topological polar surface area (TPSA) is 25.2 Å². The predicted octanol–water partition coefficient (Wildman–Crippen LogP) is 2.86. The fraction of sp³-hybridized carbons (Fsp3) is 0.667. The SMILES string of the molecule is CN(CC(=O)c1ccn(C)c1)C1CCCCCC1. The molecule has 0 atom stereocenters. The van der Waals surface area contributed by atoms with Gasteiger partial charge >= 0.3 is 0 Å². The van der Waals surface area contributed by atoms with Crippen LogP contribution in [0.5, 0.6) is 0 Å². The number of rotatable bonds is 4. The Labute approximate surface area is 110 Å². The molecule has 0 saturated heterocycles. The first-order chi connectivity index (χ1) is 8.66. The van der Waals surface area contributed by atoms with E-state index in [0.717, 1.165) is 5.56 Å². The number of hydrogen-bond donors (Lipinski definition) is 0. The van der Waals surface area contributed by atoms with E-state index in [1.165, 1.54) is 38.5 Å².